The molecule has 0 amide bonds. The lowest BCUT2D eigenvalue weighted by atomic mass is 9.94. The maximum Gasteiger partial charge on any atom is 0.160 e. The molecule has 2 heterocycles. The number of fused-ring (bicyclic) bond motifs is 6. The first-order chi connectivity index (χ1) is 25.3. The lowest BCUT2D eigenvalue weighted by Crippen LogP contribution is -1.96. The van der Waals surface area contributed by atoms with Crippen molar-refractivity contribution in [3.8, 4) is 56.2 Å². The van der Waals surface area contributed by atoms with Crippen LogP contribution < -0.4 is 0 Å². The van der Waals surface area contributed by atoms with E-state index in [-0.39, 0.29) is 0 Å². The number of furan rings is 1. The van der Waals surface area contributed by atoms with E-state index in [1.54, 1.807) is 0 Å². The van der Waals surface area contributed by atoms with Gasteiger partial charge in [-0.25, -0.2) is 9.97 Å². The van der Waals surface area contributed by atoms with Crippen LogP contribution >= 0.6 is 0 Å². The zero-order valence-electron chi connectivity index (χ0n) is 27.6. The van der Waals surface area contributed by atoms with Crippen LogP contribution in [0.4, 0.5) is 0 Å². The molecule has 3 heteroatoms. The molecular formula is C48H30N2O. The van der Waals surface area contributed by atoms with E-state index in [0.717, 1.165) is 71.9 Å². The van der Waals surface area contributed by atoms with E-state index < -0.39 is 0 Å². The number of aromatic nitrogens is 2. The minimum Gasteiger partial charge on any atom is -0.455 e. The predicted octanol–water partition coefficient (Wildman–Crippen LogP) is 13.0. The molecule has 3 nitrogen and oxygen atoms in total. The summed E-state index contributed by atoms with van der Waals surface area (Å²) in [6.45, 7) is 0. The summed E-state index contributed by atoms with van der Waals surface area (Å²) < 4.78 is 6.87. The number of para-hydroxylation sites is 1. The minimum atomic E-state index is 0.690. The molecule has 8 aromatic carbocycles. The second-order valence-corrected chi connectivity index (χ2v) is 12.9. The van der Waals surface area contributed by atoms with Crippen molar-refractivity contribution in [3.63, 3.8) is 0 Å². The molecule has 10 aromatic rings. The molecule has 0 saturated heterocycles. The summed E-state index contributed by atoms with van der Waals surface area (Å²) in [5, 5.41) is 6.96. The molecule has 0 unspecified atom stereocenters. The van der Waals surface area contributed by atoms with Gasteiger partial charge in [-0.2, -0.15) is 0 Å². The molecular weight excluding hydrogens is 621 g/mol. The number of hydrogen-bond acceptors (Lipinski definition) is 3. The van der Waals surface area contributed by atoms with Crippen LogP contribution in [0.2, 0.25) is 0 Å². The first-order valence-corrected chi connectivity index (χ1v) is 17.2. The van der Waals surface area contributed by atoms with Gasteiger partial charge in [-0.05, 0) is 50.4 Å². The molecule has 0 bridgehead atoms. The van der Waals surface area contributed by atoms with E-state index in [4.69, 9.17) is 14.4 Å². The summed E-state index contributed by atoms with van der Waals surface area (Å²) in [6.07, 6.45) is 0. The van der Waals surface area contributed by atoms with Crippen molar-refractivity contribution in [2.24, 2.45) is 0 Å². The van der Waals surface area contributed by atoms with Gasteiger partial charge in [0, 0.05) is 33.0 Å². The highest BCUT2D eigenvalue weighted by molar-refractivity contribution is 6.23. The van der Waals surface area contributed by atoms with Crippen molar-refractivity contribution < 1.29 is 4.42 Å². The Balaban J connectivity index is 1.15. The van der Waals surface area contributed by atoms with Crippen molar-refractivity contribution in [2.75, 3.05) is 0 Å². The zero-order valence-corrected chi connectivity index (χ0v) is 27.6. The van der Waals surface area contributed by atoms with E-state index in [2.05, 4.69) is 146 Å². The standard InChI is InChI=1S/C48H30N2O/c1-3-14-34(15-4-1)43-30-44(50-48(49-43)35-16-5-2-6-17-35)42-29-45-46(40-21-10-9-20-39(40)42)41-24-12-23-38(47(41)51-45)33-27-25-32(26-28-33)37-22-11-18-31-13-7-8-19-36(31)37/h1-30H. The van der Waals surface area contributed by atoms with Gasteiger partial charge in [0.15, 0.2) is 5.82 Å². The third-order valence-electron chi connectivity index (χ3n) is 9.90. The Kier molecular flexibility index (Phi) is 6.81. The van der Waals surface area contributed by atoms with E-state index in [1.165, 1.54) is 21.9 Å². The Hall–Kier alpha value is -6.84. The SMILES string of the molecule is c1ccc(-c2cc(-c3cc4oc5c(-c6ccc(-c7cccc8ccccc78)cc6)cccc5c4c4ccccc34)nc(-c3ccccc3)n2)cc1. The van der Waals surface area contributed by atoms with Gasteiger partial charge in [-0.1, -0.05) is 170 Å². The van der Waals surface area contributed by atoms with Gasteiger partial charge in [0.2, 0.25) is 0 Å². The number of nitrogens with zero attached hydrogens (tertiary/aromatic N) is 2. The van der Waals surface area contributed by atoms with Crippen LogP contribution in [0.5, 0.6) is 0 Å². The monoisotopic (exact) mass is 650 g/mol. The second-order valence-electron chi connectivity index (χ2n) is 12.9. The maximum atomic E-state index is 6.87. The van der Waals surface area contributed by atoms with Crippen molar-refractivity contribution >= 4 is 43.5 Å². The number of hydrogen-bond donors (Lipinski definition) is 0. The van der Waals surface area contributed by atoms with Crippen molar-refractivity contribution in [2.45, 2.75) is 0 Å². The Morgan fingerprint density at radius 1 is 0.353 bits per heavy atom. The molecule has 0 N–H and O–H groups in total. The van der Waals surface area contributed by atoms with Gasteiger partial charge >= 0.3 is 0 Å². The molecule has 0 aliphatic carbocycles. The third kappa shape index (κ3) is 4.98. The summed E-state index contributed by atoms with van der Waals surface area (Å²) in [6, 6.07) is 63.7. The highest BCUT2D eigenvalue weighted by Crippen LogP contribution is 2.43. The van der Waals surface area contributed by atoms with E-state index in [0.29, 0.717) is 5.82 Å². The zero-order chi connectivity index (χ0) is 33.7. The molecule has 2 aromatic heterocycles. The topological polar surface area (TPSA) is 38.9 Å². The summed E-state index contributed by atoms with van der Waals surface area (Å²) in [4.78, 5) is 10.2. The molecule has 0 fully saturated rings. The van der Waals surface area contributed by atoms with Crippen LogP contribution in [0, 0.1) is 0 Å². The third-order valence-corrected chi connectivity index (χ3v) is 9.90. The fourth-order valence-electron chi connectivity index (χ4n) is 7.47. The van der Waals surface area contributed by atoms with E-state index in [1.807, 2.05) is 36.4 Å². The first-order valence-electron chi connectivity index (χ1n) is 17.2. The quantitative estimate of drug-likeness (QED) is 0.186. The average Bonchev–Trinajstić information content (AvgIpc) is 3.60. The van der Waals surface area contributed by atoms with Crippen LogP contribution in [0.15, 0.2) is 186 Å². The Morgan fingerprint density at radius 2 is 0.922 bits per heavy atom. The van der Waals surface area contributed by atoms with E-state index in [9.17, 15) is 0 Å². The summed E-state index contributed by atoms with van der Waals surface area (Å²) in [5.41, 5.74) is 11.1. The maximum absolute atomic E-state index is 6.87. The van der Waals surface area contributed by atoms with Crippen LogP contribution in [0.25, 0.3) is 99.6 Å². The largest absolute Gasteiger partial charge is 0.455 e. The lowest BCUT2D eigenvalue weighted by molar-refractivity contribution is 0.670. The van der Waals surface area contributed by atoms with Gasteiger partial charge < -0.3 is 4.42 Å². The van der Waals surface area contributed by atoms with Crippen molar-refractivity contribution in [1.29, 1.82) is 0 Å². The van der Waals surface area contributed by atoms with E-state index >= 15 is 0 Å². The fraction of sp³-hybridized carbons (Fsp3) is 0. The van der Waals surface area contributed by atoms with Crippen LogP contribution in [-0.4, -0.2) is 9.97 Å². The van der Waals surface area contributed by atoms with Gasteiger partial charge in [0.05, 0.1) is 11.4 Å². The second kappa shape index (κ2) is 11.9. The van der Waals surface area contributed by atoms with Crippen LogP contribution in [0.1, 0.15) is 0 Å². The number of rotatable bonds is 5. The van der Waals surface area contributed by atoms with Gasteiger partial charge in [0.1, 0.15) is 11.2 Å². The molecule has 0 spiro atoms. The highest BCUT2D eigenvalue weighted by Gasteiger charge is 2.19. The molecule has 0 radical (unpaired) electrons. The molecule has 0 aliphatic heterocycles. The van der Waals surface area contributed by atoms with Gasteiger partial charge in [0.25, 0.3) is 0 Å². The smallest absolute Gasteiger partial charge is 0.160 e. The Bertz CT molecular complexity index is 2830. The highest BCUT2D eigenvalue weighted by atomic mass is 16.3. The number of benzene rings is 8. The lowest BCUT2D eigenvalue weighted by Gasteiger charge is -2.12. The Morgan fingerprint density at radius 3 is 1.71 bits per heavy atom. The molecule has 0 saturated carbocycles. The fourth-order valence-corrected chi connectivity index (χ4v) is 7.47. The van der Waals surface area contributed by atoms with Gasteiger partial charge in [-0.15, -0.1) is 0 Å². The summed E-state index contributed by atoms with van der Waals surface area (Å²) in [7, 11) is 0. The summed E-state index contributed by atoms with van der Waals surface area (Å²) in [5.74, 6) is 0.690. The Labute approximate surface area is 295 Å². The van der Waals surface area contributed by atoms with Crippen LogP contribution in [0.3, 0.4) is 0 Å². The molecule has 10 rings (SSSR count). The summed E-state index contributed by atoms with van der Waals surface area (Å²) >= 11 is 0. The van der Waals surface area contributed by atoms with Crippen LogP contribution in [-0.2, 0) is 0 Å². The van der Waals surface area contributed by atoms with Gasteiger partial charge in [-0.3, -0.25) is 0 Å². The predicted molar refractivity (Wildman–Crippen MR) is 212 cm³/mol. The molecule has 0 aliphatic rings. The van der Waals surface area contributed by atoms with Crippen molar-refractivity contribution in [3.05, 3.63) is 182 Å². The van der Waals surface area contributed by atoms with Crippen molar-refractivity contribution in [1.82, 2.24) is 9.97 Å². The first kappa shape index (κ1) is 29.1. The minimum absolute atomic E-state index is 0.690. The normalized spacial score (nSPS) is 11.5. The molecule has 0 atom stereocenters. The average molecular weight is 651 g/mol. The molecule has 238 valence electrons. The molecule has 51 heavy (non-hydrogen) atoms.